The fraction of sp³-hybridized carbons (Fsp3) is 0.314. The van der Waals surface area contributed by atoms with Crippen LogP contribution in [0.15, 0.2) is 89.4 Å². The molecule has 0 unspecified atom stereocenters. The molecule has 7 heteroatoms. The molecule has 0 N–H and O–H groups in total. The van der Waals surface area contributed by atoms with E-state index in [0.717, 1.165) is 28.2 Å². The largest absolute Gasteiger partial charge is 0.497 e. The van der Waals surface area contributed by atoms with E-state index in [0.29, 0.717) is 59.8 Å². The molecule has 42 heavy (non-hydrogen) atoms. The third-order valence-corrected chi connectivity index (χ3v) is 8.67. The van der Waals surface area contributed by atoms with Crippen LogP contribution in [-0.2, 0) is 14.3 Å². The molecule has 0 bridgehead atoms. The minimum absolute atomic E-state index is 0.00604. The Morgan fingerprint density at radius 1 is 0.548 bits per heavy atom. The van der Waals surface area contributed by atoms with Gasteiger partial charge in [-0.25, -0.2) is 0 Å². The normalized spacial score (nSPS) is 20.5. The molecule has 7 nitrogen and oxygen atoms in total. The van der Waals surface area contributed by atoms with Crippen molar-refractivity contribution >= 4 is 11.6 Å². The predicted octanol–water partition coefficient (Wildman–Crippen LogP) is 6.64. The van der Waals surface area contributed by atoms with E-state index in [9.17, 15) is 9.59 Å². The van der Waals surface area contributed by atoms with Crippen LogP contribution in [0.3, 0.4) is 0 Å². The summed E-state index contributed by atoms with van der Waals surface area (Å²) in [7, 11) is 6.44. The van der Waals surface area contributed by atoms with Gasteiger partial charge >= 0.3 is 0 Å². The fourth-order valence-electron chi connectivity index (χ4n) is 6.51. The first-order chi connectivity index (χ1) is 20.4. The lowest BCUT2D eigenvalue weighted by molar-refractivity contribution is -0.118. The summed E-state index contributed by atoms with van der Waals surface area (Å²) in [6.45, 7) is 0. The van der Waals surface area contributed by atoms with Crippen LogP contribution in [0.1, 0.15) is 60.1 Å². The predicted molar refractivity (Wildman–Crippen MR) is 157 cm³/mol. The average Bonchev–Trinajstić information content (AvgIpc) is 3.03. The van der Waals surface area contributed by atoms with Crippen LogP contribution in [0.5, 0.6) is 23.0 Å². The molecular formula is C35H34O7. The van der Waals surface area contributed by atoms with Gasteiger partial charge in [-0.3, -0.25) is 9.59 Å². The standard InChI is InChI=1S/C35H34O7/c1-38-25-10-5-20(6-11-25)23-15-27(36)34-31(18-23)42-32-19-24(21-7-12-26(39-2)13-8-21)16-28(37)35(32)33(34)22-9-14-29(40-3)30(17-22)41-4/h5-14,17,23-24,33H,15-16,18-19H2,1-4H3/t23-,24-/m0/s1. The van der Waals surface area contributed by atoms with Crippen LogP contribution < -0.4 is 18.9 Å². The molecule has 0 fully saturated rings. The Balaban J connectivity index is 1.42. The van der Waals surface area contributed by atoms with Gasteiger partial charge in [0.15, 0.2) is 23.1 Å². The Morgan fingerprint density at radius 2 is 1.00 bits per heavy atom. The molecule has 2 atom stereocenters. The van der Waals surface area contributed by atoms with Crippen LogP contribution in [0.4, 0.5) is 0 Å². The van der Waals surface area contributed by atoms with Crippen molar-refractivity contribution in [3.8, 4) is 23.0 Å². The lowest BCUT2D eigenvalue weighted by Gasteiger charge is -2.39. The van der Waals surface area contributed by atoms with E-state index in [2.05, 4.69) is 0 Å². The molecule has 0 spiro atoms. The van der Waals surface area contributed by atoms with E-state index in [1.165, 1.54) is 0 Å². The van der Waals surface area contributed by atoms with Crippen LogP contribution in [-0.4, -0.2) is 40.0 Å². The van der Waals surface area contributed by atoms with Gasteiger partial charge in [-0.15, -0.1) is 0 Å². The highest BCUT2D eigenvalue weighted by Gasteiger charge is 2.45. The highest BCUT2D eigenvalue weighted by molar-refractivity contribution is 6.06. The Morgan fingerprint density at radius 3 is 1.43 bits per heavy atom. The maximum absolute atomic E-state index is 14.0. The van der Waals surface area contributed by atoms with E-state index in [1.807, 2.05) is 66.7 Å². The second kappa shape index (κ2) is 11.4. The van der Waals surface area contributed by atoms with Gasteiger partial charge in [-0.05, 0) is 64.9 Å². The van der Waals surface area contributed by atoms with Gasteiger partial charge in [-0.2, -0.15) is 0 Å². The first-order valence-electron chi connectivity index (χ1n) is 14.1. The van der Waals surface area contributed by atoms with Crippen molar-refractivity contribution in [2.75, 3.05) is 28.4 Å². The Kier molecular flexibility index (Phi) is 7.50. The molecule has 2 aliphatic carbocycles. The van der Waals surface area contributed by atoms with Gasteiger partial charge in [0, 0.05) is 42.7 Å². The molecule has 3 aromatic rings. The van der Waals surface area contributed by atoms with Gasteiger partial charge in [0.05, 0.1) is 28.4 Å². The van der Waals surface area contributed by atoms with Crippen molar-refractivity contribution in [2.24, 2.45) is 0 Å². The second-order valence-electron chi connectivity index (χ2n) is 10.9. The molecule has 0 aromatic heterocycles. The average molecular weight is 567 g/mol. The van der Waals surface area contributed by atoms with Gasteiger partial charge in [0.2, 0.25) is 0 Å². The van der Waals surface area contributed by atoms with Crippen molar-refractivity contribution in [1.29, 1.82) is 0 Å². The molecule has 3 aromatic carbocycles. The van der Waals surface area contributed by atoms with Crippen LogP contribution >= 0.6 is 0 Å². The molecule has 0 saturated carbocycles. The molecule has 216 valence electrons. The van der Waals surface area contributed by atoms with Gasteiger partial charge in [0.1, 0.15) is 23.0 Å². The summed E-state index contributed by atoms with van der Waals surface area (Å²) in [4.78, 5) is 27.9. The Hall–Kier alpha value is -4.52. The fourth-order valence-corrected chi connectivity index (χ4v) is 6.51. The maximum Gasteiger partial charge on any atom is 0.163 e. The highest BCUT2D eigenvalue weighted by Crippen LogP contribution is 2.52. The number of hydrogen-bond acceptors (Lipinski definition) is 7. The SMILES string of the molecule is COc1ccc([C@H]2CC(=O)C3=C(C2)OC2=C(C(=O)C[C@H](c4ccc(OC)cc4)C2)C3c2ccc(OC)c(OC)c2)cc1. The van der Waals surface area contributed by atoms with Gasteiger partial charge in [-0.1, -0.05) is 30.3 Å². The number of carbonyl (C=O) groups excluding carboxylic acids is 2. The Labute approximate surface area is 245 Å². The lowest BCUT2D eigenvalue weighted by atomic mass is 9.69. The Bertz CT molecular complexity index is 1490. The number of ketones is 2. The molecule has 1 aliphatic heterocycles. The molecule has 1 heterocycles. The zero-order chi connectivity index (χ0) is 29.4. The number of benzene rings is 3. The van der Waals surface area contributed by atoms with Gasteiger partial charge in [0.25, 0.3) is 0 Å². The highest BCUT2D eigenvalue weighted by atomic mass is 16.5. The minimum Gasteiger partial charge on any atom is -0.497 e. The number of ether oxygens (including phenoxy) is 5. The third-order valence-electron chi connectivity index (χ3n) is 8.67. The summed E-state index contributed by atoms with van der Waals surface area (Å²) in [6, 6.07) is 21.3. The quantitative estimate of drug-likeness (QED) is 0.317. The molecular weight excluding hydrogens is 532 g/mol. The van der Waals surface area contributed by atoms with Crippen LogP contribution in [0.2, 0.25) is 0 Å². The topological polar surface area (TPSA) is 80.3 Å². The van der Waals surface area contributed by atoms with Gasteiger partial charge < -0.3 is 23.7 Å². The number of allylic oxidation sites excluding steroid dienone is 4. The number of rotatable bonds is 7. The van der Waals surface area contributed by atoms with E-state index < -0.39 is 5.92 Å². The van der Waals surface area contributed by atoms with Crippen LogP contribution in [0, 0.1) is 0 Å². The molecule has 3 aliphatic rings. The summed E-state index contributed by atoms with van der Waals surface area (Å²) in [5.41, 5.74) is 4.06. The zero-order valence-electron chi connectivity index (χ0n) is 24.3. The molecule has 0 radical (unpaired) electrons. The van der Waals surface area contributed by atoms with E-state index in [4.69, 9.17) is 23.7 Å². The van der Waals surface area contributed by atoms with Crippen molar-refractivity contribution in [3.63, 3.8) is 0 Å². The van der Waals surface area contributed by atoms with E-state index in [-0.39, 0.29) is 23.4 Å². The van der Waals surface area contributed by atoms with E-state index >= 15 is 0 Å². The number of carbonyl (C=O) groups is 2. The van der Waals surface area contributed by atoms with Crippen LogP contribution in [0.25, 0.3) is 0 Å². The molecule has 6 rings (SSSR count). The summed E-state index contributed by atoms with van der Waals surface area (Å²) in [6.07, 6.45) is 1.80. The summed E-state index contributed by atoms with van der Waals surface area (Å²) in [5, 5.41) is 0. The molecule has 0 amide bonds. The summed E-state index contributed by atoms with van der Waals surface area (Å²) < 4.78 is 28.3. The first-order valence-corrected chi connectivity index (χ1v) is 14.1. The van der Waals surface area contributed by atoms with E-state index in [1.54, 1.807) is 28.4 Å². The maximum atomic E-state index is 14.0. The van der Waals surface area contributed by atoms with Crippen molar-refractivity contribution in [1.82, 2.24) is 0 Å². The third kappa shape index (κ3) is 4.93. The summed E-state index contributed by atoms with van der Waals surface area (Å²) in [5.74, 6) is 3.35. The number of Topliss-reactive ketones (excluding diaryl/α,β-unsaturated/α-hetero) is 2. The monoisotopic (exact) mass is 566 g/mol. The minimum atomic E-state index is -0.530. The smallest absolute Gasteiger partial charge is 0.163 e. The summed E-state index contributed by atoms with van der Waals surface area (Å²) >= 11 is 0. The lowest BCUT2D eigenvalue weighted by Crippen LogP contribution is -2.33. The molecule has 0 saturated heterocycles. The zero-order valence-corrected chi connectivity index (χ0v) is 24.3. The van der Waals surface area contributed by atoms with Crippen molar-refractivity contribution in [3.05, 3.63) is 106 Å². The second-order valence-corrected chi connectivity index (χ2v) is 10.9. The van der Waals surface area contributed by atoms with Crippen molar-refractivity contribution < 1.29 is 33.3 Å². The van der Waals surface area contributed by atoms with Crippen molar-refractivity contribution in [2.45, 2.75) is 43.4 Å². The first kappa shape index (κ1) is 27.6. The number of hydrogen-bond donors (Lipinski definition) is 0. The number of methoxy groups -OCH3 is 4.